The Bertz CT molecular complexity index is 472. The maximum atomic E-state index is 12.6. The number of carbonyl (C=O) groups excluding carboxylic acids is 2. The van der Waals surface area contributed by atoms with E-state index in [0.29, 0.717) is 0 Å². The molecule has 0 amide bonds. The average Bonchev–Trinajstić information content (AvgIpc) is 2.34. The van der Waals surface area contributed by atoms with Gasteiger partial charge in [0, 0.05) is 5.92 Å². The first-order valence-corrected chi connectivity index (χ1v) is 6.88. The van der Waals surface area contributed by atoms with Crippen molar-refractivity contribution in [1.29, 1.82) is 0 Å². The Kier molecular flexibility index (Phi) is 3.30. The molecule has 0 radical (unpaired) electrons. The van der Waals surface area contributed by atoms with Gasteiger partial charge >= 0.3 is 5.97 Å². The monoisotopic (exact) mass is 286 g/mol. The van der Waals surface area contributed by atoms with Gasteiger partial charge in [-0.3, -0.25) is 9.59 Å². The molecule has 1 fully saturated rings. The van der Waals surface area contributed by atoms with Crippen molar-refractivity contribution in [2.75, 3.05) is 13.0 Å². The van der Waals surface area contributed by atoms with E-state index in [4.69, 9.17) is 16.3 Å². The molecule has 0 saturated heterocycles. The standard InChI is InChI=1S/C14H19ClO4/c1-7-5-13(3)10(11(16)19-4)8(2)9(7)14(18,6-15)12(13)17/h5,8-10,18H,6H2,1-4H3/t8-,9?,10?,13?,14?/m0/s1. The third-order valence-corrected chi connectivity index (χ3v) is 5.18. The van der Waals surface area contributed by atoms with Gasteiger partial charge in [-0.25, -0.2) is 0 Å². The van der Waals surface area contributed by atoms with E-state index < -0.39 is 28.8 Å². The minimum absolute atomic E-state index is 0.157. The molecule has 3 aliphatic rings. The number of methoxy groups -OCH3 is 1. The van der Waals surface area contributed by atoms with Crippen molar-refractivity contribution in [3.05, 3.63) is 11.6 Å². The molecule has 19 heavy (non-hydrogen) atoms. The van der Waals surface area contributed by atoms with E-state index in [9.17, 15) is 14.7 Å². The number of ether oxygens (including phenoxy) is 1. The predicted molar refractivity (Wildman–Crippen MR) is 70.7 cm³/mol. The molecule has 2 bridgehead atoms. The number of carbonyl (C=O) groups is 2. The number of Topliss-reactive ketones (excluding diaryl/α,β-unsaturated/α-hetero) is 1. The Morgan fingerprint density at radius 2 is 2.16 bits per heavy atom. The van der Waals surface area contributed by atoms with E-state index in [-0.39, 0.29) is 17.6 Å². The van der Waals surface area contributed by atoms with Crippen LogP contribution in [0.1, 0.15) is 20.8 Å². The highest BCUT2D eigenvalue weighted by Gasteiger charge is 2.66. The van der Waals surface area contributed by atoms with Crippen molar-refractivity contribution in [3.63, 3.8) is 0 Å². The Hall–Kier alpha value is -0.870. The summed E-state index contributed by atoms with van der Waals surface area (Å²) in [6.07, 6.45) is 1.79. The number of alkyl halides is 1. The van der Waals surface area contributed by atoms with Crippen molar-refractivity contribution >= 4 is 23.4 Å². The highest BCUT2D eigenvalue weighted by Crippen LogP contribution is 2.57. The van der Waals surface area contributed by atoms with Gasteiger partial charge in [-0.15, -0.1) is 11.6 Å². The zero-order valence-electron chi connectivity index (χ0n) is 11.6. The summed E-state index contributed by atoms with van der Waals surface area (Å²) >= 11 is 5.85. The number of rotatable bonds is 2. The van der Waals surface area contributed by atoms with Crippen LogP contribution in [0.4, 0.5) is 0 Å². The number of halogens is 1. The van der Waals surface area contributed by atoms with E-state index in [1.165, 1.54) is 7.11 Å². The van der Waals surface area contributed by atoms with Crippen molar-refractivity contribution < 1.29 is 19.4 Å². The molecular formula is C14H19ClO4. The van der Waals surface area contributed by atoms with Crippen molar-refractivity contribution in [3.8, 4) is 0 Å². The summed E-state index contributed by atoms with van der Waals surface area (Å²) in [4.78, 5) is 24.6. The second-order valence-electron chi connectivity index (χ2n) is 5.90. The van der Waals surface area contributed by atoms with Crippen LogP contribution in [0.25, 0.3) is 0 Å². The minimum Gasteiger partial charge on any atom is -0.469 e. The highest BCUT2D eigenvalue weighted by molar-refractivity contribution is 6.21. The molecule has 4 nitrogen and oxygen atoms in total. The molecule has 1 N–H and O–H groups in total. The fraction of sp³-hybridized carbons (Fsp3) is 0.714. The van der Waals surface area contributed by atoms with Crippen LogP contribution in [0, 0.1) is 23.2 Å². The summed E-state index contributed by atoms with van der Waals surface area (Å²) in [7, 11) is 1.31. The van der Waals surface area contributed by atoms with E-state index in [0.717, 1.165) is 5.57 Å². The molecule has 0 spiro atoms. The van der Waals surface area contributed by atoms with E-state index >= 15 is 0 Å². The molecular weight excluding hydrogens is 268 g/mol. The molecule has 4 unspecified atom stereocenters. The largest absolute Gasteiger partial charge is 0.469 e. The Balaban J connectivity index is 2.62. The fourth-order valence-electron chi connectivity index (χ4n) is 4.16. The van der Waals surface area contributed by atoms with Gasteiger partial charge in [0.1, 0.15) is 5.60 Å². The highest BCUT2D eigenvalue weighted by atomic mass is 35.5. The smallest absolute Gasteiger partial charge is 0.310 e. The van der Waals surface area contributed by atoms with Gasteiger partial charge in [-0.05, 0) is 19.8 Å². The average molecular weight is 287 g/mol. The maximum absolute atomic E-state index is 12.6. The molecule has 106 valence electrons. The Labute approximate surface area is 117 Å². The van der Waals surface area contributed by atoms with Crippen LogP contribution < -0.4 is 0 Å². The molecule has 0 aromatic carbocycles. The second kappa shape index (κ2) is 4.32. The van der Waals surface area contributed by atoms with Crippen LogP contribution in [0.3, 0.4) is 0 Å². The number of hydrogen-bond acceptors (Lipinski definition) is 4. The number of esters is 1. The third kappa shape index (κ3) is 1.62. The maximum Gasteiger partial charge on any atom is 0.310 e. The molecule has 0 aromatic rings. The van der Waals surface area contributed by atoms with Gasteiger partial charge in [0.15, 0.2) is 5.78 Å². The SMILES string of the molecule is COC(=O)C1[C@@H](C)C2C(C)=CC1(C)C(=O)C2(O)CCl. The molecule has 0 heterocycles. The fourth-order valence-corrected chi connectivity index (χ4v) is 4.45. The van der Waals surface area contributed by atoms with Gasteiger partial charge in [0.25, 0.3) is 0 Å². The van der Waals surface area contributed by atoms with Crippen LogP contribution in [0.15, 0.2) is 11.6 Å². The molecule has 0 aromatic heterocycles. The molecule has 5 heteroatoms. The van der Waals surface area contributed by atoms with Crippen LogP contribution in [-0.2, 0) is 14.3 Å². The van der Waals surface area contributed by atoms with Crippen molar-refractivity contribution in [2.24, 2.45) is 23.2 Å². The molecule has 1 saturated carbocycles. The lowest BCUT2D eigenvalue weighted by atomic mass is 9.47. The lowest BCUT2D eigenvalue weighted by molar-refractivity contribution is -0.179. The van der Waals surface area contributed by atoms with E-state index in [1.807, 2.05) is 13.8 Å². The summed E-state index contributed by atoms with van der Waals surface area (Å²) in [5, 5.41) is 10.6. The van der Waals surface area contributed by atoms with Crippen molar-refractivity contribution in [1.82, 2.24) is 0 Å². The normalized spacial score (nSPS) is 45.1. The topological polar surface area (TPSA) is 63.6 Å². The van der Waals surface area contributed by atoms with E-state index in [2.05, 4.69) is 0 Å². The zero-order valence-corrected chi connectivity index (χ0v) is 12.3. The first-order valence-electron chi connectivity index (χ1n) is 6.34. The van der Waals surface area contributed by atoms with Crippen molar-refractivity contribution in [2.45, 2.75) is 26.4 Å². The van der Waals surface area contributed by atoms with Crippen LogP contribution in [-0.4, -0.2) is 35.4 Å². The first-order chi connectivity index (χ1) is 8.74. The summed E-state index contributed by atoms with van der Waals surface area (Å²) in [5.74, 6) is -2.13. The molecule has 5 atom stereocenters. The van der Waals surface area contributed by atoms with Crippen LogP contribution in [0.5, 0.6) is 0 Å². The summed E-state index contributed by atoms with van der Waals surface area (Å²) < 4.78 is 4.83. The summed E-state index contributed by atoms with van der Waals surface area (Å²) in [6.45, 7) is 5.42. The van der Waals surface area contributed by atoms with Crippen LogP contribution >= 0.6 is 11.6 Å². The summed E-state index contributed by atoms with van der Waals surface area (Å²) in [5.41, 5.74) is -1.72. The van der Waals surface area contributed by atoms with Gasteiger partial charge in [0.2, 0.25) is 0 Å². The number of hydrogen-bond donors (Lipinski definition) is 1. The second-order valence-corrected chi connectivity index (χ2v) is 6.16. The first kappa shape index (κ1) is 14.5. The summed E-state index contributed by atoms with van der Waals surface area (Å²) in [6, 6.07) is 0. The van der Waals surface area contributed by atoms with Gasteiger partial charge < -0.3 is 9.84 Å². The lowest BCUT2D eigenvalue weighted by Gasteiger charge is -2.56. The van der Waals surface area contributed by atoms with Gasteiger partial charge in [-0.2, -0.15) is 0 Å². The minimum atomic E-state index is -1.58. The molecule has 3 rings (SSSR count). The number of fused-ring (bicyclic) bond motifs is 2. The Morgan fingerprint density at radius 3 is 2.63 bits per heavy atom. The zero-order chi connectivity index (χ0) is 14.6. The number of aliphatic hydroxyl groups is 1. The lowest BCUT2D eigenvalue weighted by Crippen LogP contribution is -2.68. The third-order valence-electron chi connectivity index (χ3n) is 4.77. The number of allylic oxidation sites excluding steroid dienone is 1. The predicted octanol–water partition coefficient (Wildman–Crippen LogP) is 1.55. The van der Waals surface area contributed by atoms with Gasteiger partial charge in [0.05, 0.1) is 24.3 Å². The molecule has 3 aliphatic carbocycles. The quantitative estimate of drug-likeness (QED) is 0.475. The number of ketones is 1. The van der Waals surface area contributed by atoms with E-state index in [1.54, 1.807) is 13.0 Å². The Morgan fingerprint density at radius 1 is 1.58 bits per heavy atom. The van der Waals surface area contributed by atoms with Gasteiger partial charge in [-0.1, -0.05) is 18.6 Å². The molecule has 0 aliphatic heterocycles. The van der Waals surface area contributed by atoms with Crippen LogP contribution in [0.2, 0.25) is 0 Å².